The number of anilines is 1. The monoisotopic (exact) mass is 430 g/mol. The SMILES string of the molecule is Nc1onc(-c2ccccc2I)c1-c1ccc(Cl)cc1Cl. The van der Waals surface area contributed by atoms with Crippen molar-refractivity contribution in [2.45, 2.75) is 0 Å². The smallest absolute Gasteiger partial charge is 0.230 e. The van der Waals surface area contributed by atoms with E-state index >= 15 is 0 Å². The standard InChI is InChI=1S/C15H9Cl2IN2O/c16-8-5-6-9(11(17)7-8)13-14(20-21-15(13)19)10-3-1-2-4-12(10)18/h1-7H,19H2. The van der Waals surface area contributed by atoms with E-state index in [9.17, 15) is 0 Å². The molecule has 3 aromatic rings. The van der Waals surface area contributed by atoms with Crippen molar-refractivity contribution in [2.75, 3.05) is 5.73 Å². The number of halogens is 3. The molecule has 1 aromatic heterocycles. The van der Waals surface area contributed by atoms with Crippen LogP contribution in [0, 0.1) is 3.57 Å². The number of hydrogen-bond acceptors (Lipinski definition) is 3. The molecule has 6 heteroatoms. The summed E-state index contributed by atoms with van der Waals surface area (Å²) in [4.78, 5) is 0. The number of nitrogens with two attached hydrogens (primary N) is 1. The van der Waals surface area contributed by atoms with Crippen molar-refractivity contribution in [3.63, 3.8) is 0 Å². The van der Waals surface area contributed by atoms with Crippen LogP contribution in [0.3, 0.4) is 0 Å². The molecule has 0 radical (unpaired) electrons. The van der Waals surface area contributed by atoms with Gasteiger partial charge in [-0.15, -0.1) is 0 Å². The Morgan fingerprint density at radius 3 is 2.52 bits per heavy atom. The maximum atomic E-state index is 6.28. The first kappa shape index (κ1) is 14.7. The van der Waals surface area contributed by atoms with Crippen molar-refractivity contribution >= 4 is 51.7 Å². The van der Waals surface area contributed by atoms with Gasteiger partial charge in [0.1, 0.15) is 5.69 Å². The highest BCUT2D eigenvalue weighted by Crippen LogP contribution is 2.41. The zero-order valence-corrected chi connectivity index (χ0v) is 14.3. The van der Waals surface area contributed by atoms with Crippen LogP contribution in [0.1, 0.15) is 0 Å². The van der Waals surface area contributed by atoms with Crippen LogP contribution in [-0.2, 0) is 0 Å². The van der Waals surface area contributed by atoms with Crippen molar-refractivity contribution in [2.24, 2.45) is 0 Å². The minimum atomic E-state index is 0.230. The largest absolute Gasteiger partial charge is 0.367 e. The second-order valence-electron chi connectivity index (χ2n) is 4.37. The minimum Gasteiger partial charge on any atom is -0.367 e. The third-order valence-electron chi connectivity index (χ3n) is 3.05. The highest BCUT2D eigenvalue weighted by atomic mass is 127. The Labute approximate surface area is 145 Å². The summed E-state index contributed by atoms with van der Waals surface area (Å²) < 4.78 is 6.23. The first-order valence-electron chi connectivity index (χ1n) is 6.03. The summed E-state index contributed by atoms with van der Waals surface area (Å²) in [7, 11) is 0. The molecule has 0 unspecified atom stereocenters. The lowest BCUT2D eigenvalue weighted by Gasteiger charge is -2.07. The van der Waals surface area contributed by atoms with E-state index in [0.29, 0.717) is 21.3 Å². The quantitative estimate of drug-likeness (QED) is 0.546. The Hall–Kier alpha value is -1.24. The first-order valence-corrected chi connectivity index (χ1v) is 7.87. The molecule has 0 amide bonds. The van der Waals surface area contributed by atoms with E-state index in [1.807, 2.05) is 30.3 Å². The molecule has 0 saturated heterocycles. The third-order valence-corrected chi connectivity index (χ3v) is 4.54. The average molecular weight is 431 g/mol. The van der Waals surface area contributed by atoms with Gasteiger partial charge in [-0.3, -0.25) is 0 Å². The predicted molar refractivity (Wildman–Crippen MR) is 94.5 cm³/mol. The molecule has 0 aliphatic heterocycles. The van der Waals surface area contributed by atoms with Gasteiger partial charge < -0.3 is 10.3 Å². The van der Waals surface area contributed by atoms with E-state index in [0.717, 1.165) is 14.7 Å². The van der Waals surface area contributed by atoms with Crippen LogP contribution in [0.2, 0.25) is 10.0 Å². The second kappa shape index (κ2) is 5.87. The Balaban J connectivity index is 2.25. The van der Waals surface area contributed by atoms with Crippen LogP contribution in [0.4, 0.5) is 5.88 Å². The molecule has 0 aliphatic rings. The number of rotatable bonds is 2. The highest BCUT2D eigenvalue weighted by Gasteiger charge is 2.21. The summed E-state index contributed by atoms with van der Waals surface area (Å²) in [5.41, 5.74) is 8.98. The van der Waals surface area contributed by atoms with Crippen molar-refractivity contribution in [3.8, 4) is 22.4 Å². The molecule has 0 bridgehead atoms. The van der Waals surface area contributed by atoms with Crippen molar-refractivity contribution in [3.05, 3.63) is 56.1 Å². The van der Waals surface area contributed by atoms with Gasteiger partial charge in [0, 0.05) is 19.7 Å². The predicted octanol–water partition coefficient (Wildman–Crippen LogP) is 5.50. The van der Waals surface area contributed by atoms with Gasteiger partial charge >= 0.3 is 0 Å². The Kier molecular flexibility index (Phi) is 4.10. The van der Waals surface area contributed by atoms with Gasteiger partial charge in [0.15, 0.2) is 0 Å². The van der Waals surface area contributed by atoms with E-state index in [1.54, 1.807) is 12.1 Å². The normalized spacial score (nSPS) is 10.8. The van der Waals surface area contributed by atoms with Gasteiger partial charge in [-0.1, -0.05) is 52.6 Å². The fourth-order valence-electron chi connectivity index (χ4n) is 2.09. The molecule has 0 spiro atoms. The first-order chi connectivity index (χ1) is 10.1. The van der Waals surface area contributed by atoms with Crippen LogP contribution in [-0.4, -0.2) is 5.16 Å². The van der Waals surface area contributed by atoms with E-state index in [4.69, 9.17) is 33.5 Å². The molecular weight excluding hydrogens is 422 g/mol. The molecule has 21 heavy (non-hydrogen) atoms. The fourth-order valence-corrected chi connectivity index (χ4v) is 3.24. The second-order valence-corrected chi connectivity index (χ2v) is 6.38. The molecule has 2 aromatic carbocycles. The average Bonchev–Trinajstić information content (AvgIpc) is 2.81. The number of nitrogen functional groups attached to an aromatic ring is 1. The van der Waals surface area contributed by atoms with E-state index in [2.05, 4.69) is 27.7 Å². The summed E-state index contributed by atoms with van der Waals surface area (Å²) >= 11 is 14.5. The maximum absolute atomic E-state index is 6.28. The van der Waals surface area contributed by atoms with Gasteiger partial charge in [0.05, 0.1) is 10.6 Å². The lowest BCUT2D eigenvalue weighted by atomic mass is 10.0. The van der Waals surface area contributed by atoms with Crippen LogP contribution in [0.25, 0.3) is 22.4 Å². The van der Waals surface area contributed by atoms with Crippen LogP contribution in [0.5, 0.6) is 0 Å². The number of nitrogens with zero attached hydrogens (tertiary/aromatic N) is 1. The number of aromatic nitrogens is 1. The summed E-state index contributed by atoms with van der Waals surface area (Å²) in [5.74, 6) is 0.230. The van der Waals surface area contributed by atoms with Gasteiger partial charge in [-0.2, -0.15) is 0 Å². The van der Waals surface area contributed by atoms with Crippen molar-refractivity contribution in [1.29, 1.82) is 0 Å². The lowest BCUT2D eigenvalue weighted by molar-refractivity contribution is 0.439. The minimum absolute atomic E-state index is 0.230. The zero-order valence-electron chi connectivity index (χ0n) is 10.6. The van der Waals surface area contributed by atoms with E-state index in [-0.39, 0.29) is 5.88 Å². The highest BCUT2D eigenvalue weighted by molar-refractivity contribution is 14.1. The molecule has 0 saturated carbocycles. The fraction of sp³-hybridized carbons (Fsp3) is 0. The molecule has 0 atom stereocenters. The molecule has 106 valence electrons. The van der Waals surface area contributed by atoms with E-state index in [1.165, 1.54) is 0 Å². The summed E-state index contributed by atoms with van der Waals surface area (Å²) in [6.45, 7) is 0. The van der Waals surface area contributed by atoms with Gasteiger partial charge in [0.25, 0.3) is 0 Å². The number of hydrogen-bond donors (Lipinski definition) is 1. The van der Waals surface area contributed by atoms with Crippen LogP contribution in [0.15, 0.2) is 47.0 Å². The molecule has 0 fully saturated rings. The Bertz CT molecular complexity index is 817. The summed E-state index contributed by atoms with van der Waals surface area (Å²) in [6, 6.07) is 13.1. The molecule has 3 rings (SSSR count). The topological polar surface area (TPSA) is 52.0 Å². The summed E-state index contributed by atoms with van der Waals surface area (Å²) in [6.07, 6.45) is 0. The van der Waals surface area contributed by atoms with Gasteiger partial charge in [-0.25, -0.2) is 0 Å². The molecule has 1 heterocycles. The van der Waals surface area contributed by atoms with Crippen LogP contribution >= 0.6 is 45.8 Å². The van der Waals surface area contributed by atoms with Crippen LogP contribution < -0.4 is 5.73 Å². The lowest BCUT2D eigenvalue weighted by Crippen LogP contribution is -1.90. The maximum Gasteiger partial charge on any atom is 0.230 e. The van der Waals surface area contributed by atoms with E-state index < -0.39 is 0 Å². The Morgan fingerprint density at radius 2 is 1.81 bits per heavy atom. The zero-order chi connectivity index (χ0) is 15.0. The summed E-state index contributed by atoms with van der Waals surface area (Å²) in [5, 5.41) is 5.16. The molecular formula is C15H9Cl2IN2O. The molecule has 2 N–H and O–H groups in total. The van der Waals surface area contributed by atoms with Gasteiger partial charge in [0.2, 0.25) is 5.88 Å². The Morgan fingerprint density at radius 1 is 1.05 bits per heavy atom. The molecule has 0 aliphatic carbocycles. The number of benzene rings is 2. The van der Waals surface area contributed by atoms with Crippen molar-refractivity contribution < 1.29 is 4.52 Å². The van der Waals surface area contributed by atoms with Gasteiger partial charge in [-0.05, 0) is 40.8 Å². The third kappa shape index (κ3) is 2.75. The van der Waals surface area contributed by atoms with Crippen molar-refractivity contribution in [1.82, 2.24) is 5.16 Å². The molecule has 3 nitrogen and oxygen atoms in total.